The van der Waals surface area contributed by atoms with Gasteiger partial charge in [0.1, 0.15) is 11.5 Å². The second-order valence-electron chi connectivity index (χ2n) is 3.79. The number of aromatic amines is 1. The average Bonchev–Trinajstić information content (AvgIpc) is 2.83. The van der Waals surface area contributed by atoms with Crippen LogP contribution in [0.5, 0.6) is 0 Å². The van der Waals surface area contributed by atoms with Gasteiger partial charge in [-0.05, 0) is 25.5 Å². The van der Waals surface area contributed by atoms with Crippen LogP contribution < -0.4 is 0 Å². The number of aromatic nitrogens is 4. The summed E-state index contributed by atoms with van der Waals surface area (Å²) < 4.78 is 5.01. The third-order valence-corrected chi connectivity index (χ3v) is 2.34. The fraction of sp³-hybridized carbons (Fsp3) is 0.182. The SMILES string of the molecule is Cc1cnc2nc(-c3cc(C)on3)[nH]c2c1. The molecule has 3 aromatic rings. The number of pyridine rings is 1. The summed E-state index contributed by atoms with van der Waals surface area (Å²) in [6.45, 7) is 3.84. The van der Waals surface area contributed by atoms with Gasteiger partial charge in [0.25, 0.3) is 0 Å². The highest BCUT2D eigenvalue weighted by Crippen LogP contribution is 2.19. The lowest BCUT2D eigenvalue weighted by Gasteiger charge is -1.88. The molecule has 0 saturated carbocycles. The van der Waals surface area contributed by atoms with E-state index in [0.29, 0.717) is 17.2 Å². The van der Waals surface area contributed by atoms with Gasteiger partial charge in [0.05, 0.1) is 5.52 Å². The molecule has 0 fully saturated rings. The average molecular weight is 214 g/mol. The molecule has 0 radical (unpaired) electrons. The van der Waals surface area contributed by atoms with Crippen LogP contribution in [0.1, 0.15) is 11.3 Å². The third-order valence-electron chi connectivity index (χ3n) is 2.34. The van der Waals surface area contributed by atoms with Gasteiger partial charge in [-0.15, -0.1) is 0 Å². The molecule has 0 aliphatic carbocycles. The van der Waals surface area contributed by atoms with E-state index in [1.807, 2.05) is 26.0 Å². The fourth-order valence-electron chi connectivity index (χ4n) is 1.60. The van der Waals surface area contributed by atoms with Gasteiger partial charge in [-0.25, -0.2) is 9.97 Å². The number of imidazole rings is 1. The third kappa shape index (κ3) is 1.37. The van der Waals surface area contributed by atoms with Crippen LogP contribution in [0.2, 0.25) is 0 Å². The zero-order valence-electron chi connectivity index (χ0n) is 8.98. The first-order chi connectivity index (χ1) is 7.72. The minimum atomic E-state index is 0.685. The van der Waals surface area contributed by atoms with E-state index >= 15 is 0 Å². The minimum absolute atomic E-state index is 0.685. The Morgan fingerprint density at radius 3 is 2.88 bits per heavy atom. The van der Waals surface area contributed by atoms with Gasteiger partial charge in [-0.1, -0.05) is 5.16 Å². The van der Waals surface area contributed by atoms with Crippen molar-refractivity contribution in [1.29, 1.82) is 0 Å². The normalized spacial score (nSPS) is 11.1. The van der Waals surface area contributed by atoms with Crippen LogP contribution in [0.4, 0.5) is 0 Å². The van der Waals surface area contributed by atoms with Gasteiger partial charge in [0.15, 0.2) is 11.5 Å². The predicted octanol–water partition coefficient (Wildman–Crippen LogP) is 2.23. The van der Waals surface area contributed by atoms with Crippen molar-refractivity contribution in [3.8, 4) is 11.5 Å². The Kier molecular flexibility index (Phi) is 1.80. The Morgan fingerprint density at radius 2 is 2.12 bits per heavy atom. The Bertz CT molecular complexity index is 653. The second kappa shape index (κ2) is 3.16. The van der Waals surface area contributed by atoms with Crippen LogP contribution in [0, 0.1) is 13.8 Å². The number of nitrogens with zero attached hydrogens (tertiary/aromatic N) is 3. The molecule has 0 aliphatic rings. The highest BCUT2D eigenvalue weighted by Gasteiger charge is 2.09. The van der Waals surface area contributed by atoms with Crippen molar-refractivity contribution in [2.45, 2.75) is 13.8 Å². The molecular weight excluding hydrogens is 204 g/mol. The van der Waals surface area contributed by atoms with E-state index < -0.39 is 0 Å². The van der Waals surface area contributed by atoms with Gasteiger partial charge in [-0.3, -0.25) is 0 Å². The zero-order chi connectivity index (χ0) is 11.1. The lowest BCUT2D eigenvalue weighted by atomic mass is 10.3. The quantitative estimate of drug-likeness (QED) is 0.674. The molecule has 0 saturated heterocycles. The summed E-state index contributed by atoms with van der Waals surface area (Å²) >= 11 is 0. The number of nitrogens with one attached hydrogen (secondary N) is 1. The molecule has 0 bridgehead atoms. The van der Waals surface area contributed by atoms with Crippen LogP contribution in [-0.4, -0.2) is 20.1 Å². The topological polar surface area (TPSA) is 67.6 Å². The predicted molar refractivity (Wildman–Crippen MR) is 58.9 cm³/mol. The number of aryl methyl sites for hydroxylation is 2. The first-order valence-electron chi connectivity index (χ1n) is 4.98. The highest BCUT2D eigenvalue weighted by atomic mass is 16.5. The number of hydrogen-bond acceptors (Lipinski definition) is 4. The maximum absolute atomic E-state index is 5.01. The van der Waals surface area contributed by atoms with Gasteiger partial charge >= 0.3 is 0 Å². The summed E-state index contributed by atoms with van der Waals surface area (Å²) in [6, 6.07) is 3.84. The van der Waals surface area contributed by atoms with Gasteiger partial charge in [0.2, 0.25) is 0 Å². The van der Waals surface area contributed by atoms with E-state index in [1.165, 1.54) is 0 Å². The highest BCUT2D eigenvalue weighted by molar-refractivity contribution is 5.75. The lowest BCUT2D eigenvalue weighted by Crippen LogP contribution is -1.78. The zero-order valence-corrected chi connectivity index (χ0v) is 8.98. The van der Waals surface area contributed by atoms with Gasteiger partial charge in [0, 0.05) is 12.3 Å². The largest absolute Gasteiger partial charge is 0.361 e. The smallest absolute Gasteiger partial charge is 0.178 e. The molecule has 0 aromatic carbocycles. The van der Waals surface area contributed by atoms with Gasteiger partial charge in [-0.2, -0.15) is 0 Å². The maximum atomic E-state index is 5.01. The van der Waals surface area contributed by atoms with E-state index in [0.717, 1.165) is 16.8 Å². The van der Waals surface area contributed by atoms with Crippen LogP contribution in [0.25, 0.3) is 22.7 Å². The van der Waals surface area contributed by atoms with E-state index in [4.69, 9.17) is 4.52 Å². The summed E-state index contributed by atoms with van der Waals surface area (Å²) in [5.74, 6) is 1.45. The van der Waals surface area contributed by atoms with Crippen LogP contribution in [-0.2, 0) is 0 Å². The molecule has 0 amide bonds. The second-order valence-corrected chi connectivity index (χ2v) is 3.79. The molecule has 0 aliphatic heterocycles. The van der Waals surface area contributed by atoms with Crippen molar-refractivity contribution in [3.63, 3.8) is 0 Å². The fourth-order valence-corrected chi connectivity index (χ4v) is 1.60. The molecule has 80 valence electrons. The van der Waals surface area contributed by atoms with Crippen molar-refractivity contribution in [2.75, 3.05) is 0 Å². The number of fused-ring (bicyclic) bond motifs is 1. The van der Waals surface area contributed by atoms with Crippen molar-refractivity contribution < 1.29 is 4.52 Å². The van der Waals surface area contributed by atoms with Crippen LogP contribution in [0.15, 0.2) is 22.9 Å². The molecule has 1 N–H and O–H groups in total. The molecule has 0 spiro atoms. The molecular formula is C11H10N4O. The summed E-state index contributed by atoms with van der Waals surface area (Å²) in [7, 11) is 0. The molecule has 0 unspecified atom stereocenters. The van der Waals surface area contributed by atoms with E-state index in [1.54, 1.807) is 6.20 Å². The lowest BCUT2D eigenvalue weighted by molar-refractivity contribution is 0.399. The molecule has 16 heavy (non-hydrogen) atoms. The molecule has 5 heteroatoms. The summed E-state index contributed by atoms with van der Waals surface area (Å²) in [4.78, 5) is 11.8. The molecule has 3 heterocycles. The summed E-state index contributed by atoms with van der Waals surface area (Å²) in [6.07, 6.45) is 1.79. The van der Waals surface area contributed by atoms with E-state index in [-0.39, 0.29) is 0 Å². The van der Waals surface area contributed by atoms with Crippen LogP contribution >= 0.6 is 0 Å². The van der Waals surface area contributed by atoms with Crippen LogP contribution in [0.3, 0.4) is 0 Å². The number of H-pyrrole nitrogens is 1. The standard InChI is InChI=1S/C11H10N4O/c1-6-3-8-10(12-5-6)14-11(13-8)9-4-7(2)16-15-9/h3-5H,1-2H3,(H,12,13,14). The van der Waals surface area contributed by atoms with E-state index in [9.17, 15) is 0 Å². The van der Waals surface area contributed by atoms with Crippen molar-refractivity contribution in [1.82, 2.24) is 20.1 Å². The van der Waals surface area contributed by atoms with Gasteiger partial charge < -0.3 is 9.51 Å². The number of hydrogen-bond donors (Lipinski definition) is 1. The molecule has 0 atom stereocenters. The Hall–Kier alpha value is -2.17. The van der Waals surface area contributed by atoms with Crippen molar-refractivity contribution in [2.24, 2.45) is 0 Å². The first-order valence-corrected chi connectivity index (χ1v) is 4.98. The monoisotopic (exact) mass is 214 g/mol. The summed E-state index contributed by atoms with van der Waals surface area (Å²) in [5.41, 5.74) is 3.41. The minimum Gasteiger partial charge on any atom is -0.361 e. The Labute approximate surface area is 91.5 Å². The number of rotatable bonds is 1. The van der Waals surface area contributed by atoms with E-state index in [2.05, 4.69) is 20.1 Å². The van der Waals surface area contributed by atoms with Crippen molar-refractivity contribution >= 4 is 11.2 Å². The van der Waals surface area contributed by atoms with Crippen molar-refractivity contribution in [3.05, 3.63) is 29.7 Å². The maximum Gasteiger partial charge on any atom is 0.178 e. The first kappa shape index (κ1) is 9.08. The Morgan fingerprint density at radius 1 is 1.25 bits per heavy atom. The Balaban J connectivity index is 2.18. The molecule has 3 aromatic heterocycles. The molecule has 3 rings (SSSR count). The summed E-state index contributed by atoms with van der Waals surface area (Å²) in [5, 5.41) is 3.91. The molecule has 5 nitrogen and oxygen atoms in total.